The summed E-state index contributed by atoms with van der Waals surface area (Å²) in [6.07, 6.45) is 2.86. The first-order valence-corrected chi connectivity index (χ1v) is 8.86. The Morgan fingerprint density at radius 2 is 2.12 bits per heavy atom. The number of amides is 2. The fourth-order valence-electron chi connectivity index (χ4n) is 3.69. The average Bonchev–Trinajstić information content (AvgIpc) is 3.39. The third kappa shape index (κ3) is 3.16. The van der Waals surface area contributed by atoms with Gasteiger partial charge in [-0.25, -0.2) is 4.98 Å². The standard InChI is InChI=1S/C17H23N3O5/c1-23-11-4-6-19(9-11)17(22)15-18-12-10-20(7-5-13(12)25-15)16(21)14-3-2-8-24-14/h11,14H,2-10H2,1H3/t11-,14-/m1/s1. The van der Waals surface area contributed by atoms with Crippen LogP contribution in [0.4, 0.5) is 0 Å². The van der Waals surface area contributed by atoms with Crippen LogP contribution < -0.4 is 0 Å². The fraction of sp³-hybridized carbons (Fsp3) is 0.706. The second kappa shape index (κ2) is 6.76. The molecule has 8 heteroatoms. The van der Waals surface area contributed by atoms with Crippen LogP contribution in [-0.2, 0) is 27.2 Å². The van der Waals surface area contributed by atoms with Gasteiger partial charge in [0.15, 0.2) is 0 Å². The minimum absolute atomic E-state index is 0.0153. The Morgan fingerprint density at radius 3 is 2.84 bits per heavy atom. The highest BCUT2D eigenvalue weighted by atomic mass is 16.5. The molecule has 0 bridgehead atoms. The van der Waals surface area contributed by atoms with Gasteiger partial charge in [-0.3, -0.25) is 9.59 Å². The zero-order valence-corrected chi connectivity index (χ0v) is 14.4. The predicted molar refractivity (Wildman–Crippen MR) is 85.9 cm³/mol. The van der Waals surface area contributed by atoms with Crippen molar-refractivity contribution in [2.24, 2.45) is 0 Å². The number of carbonyl (C=O) groups excluding carboxylic acids is 2. The first kappa shape index (κ1) is 16.5. The van der Waals surface area contributed by atoms with Crippen molar-refractivity contribution in [3.63, 3.8) is 0 Å². The van der Waals surface area contributed by atoms with E-state index in [1.54, 1.807) is 16.9 Å². The van der Waals surface area contributed by atoms with E-state index in [9.17, 15) is 9.59 Å². The number of aromatic nitrogens is 1. The topological polar surface area (TPSA) is 85.1 Å². The zero-order chi connectivity index (χ0) is 17.4. The normalized spacial score (nSPS) is 26.1. The van der Waals surface area contributed by atoms with Crippen molar-refractivity contribution >= 4 is 11.8 Å². The summed E-state index contributed by atoms with van der Waals surface area (Å²) < 4.78 is 16.5. The molecule has 2 fully saturated rings. The molecular weight excluding hydrogens is 326 g/mol. The van der Waals surface area contributed by atoms with E-state index in [0.29, 0.717) is 50.7 Å². The Bertz CT molecular complexity index is 667. The van der Waals surface area contributed by atoms with Crippen LogP contribution in [0.1, 0.15) is 41.4 Å². The molecule has 25 heavy (non-hydrogen) atoms. The molecule has 4 rings (SSSR count). The van der Waals surface area contributed by atoms with Crippen LogP contribution in [0.5, 0.6) is 0 Å². The summed E-state index contributed by atoms with van der Waals surface area (Å²) >= 11 is 0. The molecule has 0 aromatic carbocycles. The summed E-state index contributed by atoms with van der Waals surface area (Å²) in [5, 5.41) is 0. The quantitative estimate of drug-likeness (QED) is 0.794. The maximum Gasteiger partial charge on any atom is 0.309 e. The molecule has 1 aromatic rings. The van der Waals surface area contributed by atoms with Crippen LogP contribution in [0.3, 0.4) is 0 Å². The van der Waals surface area contributed by atoms with E-state index < -0.39 is 0 Å². The molecule has 0 saturated carbocycles. The van der Waals surface area contributed by atoms with Gasteiger partial charge in [-0.15, -0.1) is 0 Å². The highest BCUT2D eigenvalue weighted by molar-refractivity contribution is 5.90. The Balaban J connectivity index is 1.43. The minimum atomic E-state index is -0.329. The molecule has 4 heterocycles. The van der Waals surface area contributed by atoms with Gasteiger partial charge in [0, 0.05) is 39.8 Å². The molecule has 3 aliphatic heterocycles. The predicted octanol–water partition coefficient (Wildman–Crippen LogP) is 0.599. The number of fused-ring (bicyclic) bond motifs is 1. The van der Waals surface area contributed by atoms with E-state index >= 15 is 0 Å². The molecule has 0 spiro atoms. The number of nitrogens with zero attached hydrogens (tertiary/aromatic N) is 3. The lowest BCUT2D eigenvalue weighted by atomic mass is 10.1. The highest BCUT2D eigenvalue weighted by Gasteiger charge is 2.34. The van der Waals surface area contributed by atoms with Gasteiger partial charge in [-0.2, -0.15) is 0 Å². The van der Waals surface area contributed by atoms with E-state index in [1.165, 1.54) is 0 Å². The largest absolute Gasteiger partial charge is 0.437 e. The number of methoxy groups -OCH3 is 1. The summed E-state index contributed by atoms with van der Waals surface area (Å²) in [6, 6.07) is 0. The molecule has 2 saturated heterocycles. The average molecular weight is 349 g/mol. The van der Waals surface area contributed by atoms with Crippen LogP contribution in [0.2, 0.25) is 0 Å². The van der Waals surface area contributed by atoms with Gasteiger partial charge in [0.1, 0.15) is 17.6 Å². The lowest BCUT2D eigenvalue weighted by Gasteiger charge is -2.27. The molecule has 0 unspecified atom stereocenters. The number of rotatable bonds is 3. The molecule has 0 N–H and O–H groups in total. The highest BCUT2D eigenvalue weighted by Crippen LogP contribution is 2.24. The van der Waals surface area contributed by atoms with Crippen molar-refractivity contribution in [1.29, 1.82) is 0 Å². The fourth-order valence-corrected chi connectivity index (χ4v) is 3.69. The Morgan fingerprint density at radius 1 is 1.24 bits per heavy atom. The first-order chi connectivity index (χ1) is 12.2. The molecule has 136 valence electrons. The SMILES string of the molecule is CO[C@@H]1CCN(C(=O)c2nc3c(o2)CCN(C(=O)[C@H]2CCCO2)C3)C1. The number of oxazole rings is 1. The molecule has 8 nitrogen and oxygen atoms in total. The Kier molecular flexibility index (Phi) is 4.47. The molecule has 1 aromatic heterocycles. The Hall–Kier alpha value is -1.93. The lowest BCUT2D eigenvalue weighted by molar-refractivity contribution is -0.142. The van der Waals surface area contributed by atoms with Crippen molar-refractivity contribution in [3.05, 3.63) is 17.3 Å². The summed E-state index contributed by atoms with van der Waals surface area (Å²) in [7, 11) is 1.65. The molecule has 3 aliphatic rings. The summed E-state index contributed by atoms with van der Waals surface area (Å²) in [5.74, 6) is 0.642. The number of hydrogen-bond donors (Lipinski definition) is 0. The summed E-state index contributed by atoms with van der Waals surface area (Å²) in [6.45, 7) is 2.81. The molecular formula is C17H23N3O5. The lowest BCUT2D eigenvalue weighted by Crippen LogP contribution is -2.41. The van der Waals surface area contributed by atoms with Gasteiger partial charge in [0.05, 0.1) is 12.6 Å². The van der Waals surface area contributed by atoms with E-state index in [-0.39, 0.29) is 29.9 Å². The minimum Gasteiger partial charge on any atom is -0.437 e. The molecule has 0 radical (unpaired) electrons. The van der Waals surface area contributed by atoms with Crippen molar-refractivity contribution < 1.29 is 23.5 Å². The van der Waals surface area contributed by atoms with Gasteiger partial charge in [-0.05, 0) is 19.3 Å². The van der Waals surface area contributed by atoms with Gasteiger partial charge >= 0.3 is 5.91 Å². The van der Waals surface area contributed by atoms with E-state index in [1.807, 2.05) is 0 Å². The molecule has 2 amide bonds. The summed E-state index contributed by atoms with van der Waals surface area (Å²) in [4.78, 5) is 32.9. The zero-order valence-electron chi connectivity index (χ0n) is 14.4. The van der Waals surface area contributed by atoms with Crippen molar-refractivity contribution in [2.45, 2.75) is 44.4 Å². The van der Waals surface area contributed by atoms with Gasteiger partial charge in [0.25, 0.3) is 11.8 Å². The van der Waals surface area contributed by atoms with Gasteiger partial charge < -0.3 is 23.7 Å². The first-order valence-electron chi connectivity index (χ1n) is 8.86. The smallest absolute Gasteiger partial charge is 0.309 e. The molecule has 0 aliphatic carbocycles. The Labute approximate surface area is 146 Å². The van der Waals surface area contributed by atoms with Crippen LogP contribution >= 0.6 is 0 Å². The van der Waals surface area contributed by atoms with E-state index in [4.69, 9.17) is 13.9 Å². The maximum atomic E-state index is 12.6. The second-order valence-electron chi connectivity index (χ2n) is 6.80. The van der Waals surface area contributed by atoms with Crippen molar-refractivity contribution in [2.75, 3.05) is 33.4 Å². The molecule has 2 atom stereocenters. The van der Waals surface area contributed by atoms with Gasteiger partial charge in [-0.1, -0.05) is 0 Å². The van der Waals surface area contributed by atoms with Crippen LogP contribution in [-0.4, -0.2) is 72.2 Å². The van der Waals surface area contributed by atoms with E-state index in [0.717, 1.165) is 19.3 Å². The monoisotopic (exact) mass is 349 g/mol. The van der Waals surface area contributed by atoms with Crippen LogP contribution in [0.15, 0.2) is 4.42 Å². The van der Waals surface area contributed by atoms with E-state index in [2.05, 4.69) is 4.98 Å². The van der Waals surface area contributed by atoms with Crippen LogP contribution in [0, 0.1) is 0 Å². The summed E-state index contributed by atoms with van der Waals surface area (Å²) in [5.41, 5.74) is 0.684. The van der Waals surface area contributed by atoms with Crippen molar-refractivity contribution in [3.8, 4) is 0 Å². The number of hydrogen-bond acceptors (Lipinski definition) is 6. The van der Waals surface area contributed by atoms with Gasteiger partial charge in [0.2, 0.25) is 0 Å². The number of ether oxygens (including phenoxy) is 2. The maximum absolute atomic E-state index is 12.6. The van der Waals surface area contributed by atoms with Crippen molar-refractivity contribution in [1.82, 2.24) is 14.8 Å². The second-order valence-corrected chi connectivity index (χ2v) is 6.80. The number of likely N-dealkylation sites (tertiary alicyclic amines) is 1. The third-order valence-electron chi connectivity index (χ3n) is 5.19. The number of carbonyl (C=O) groups is 2. The van der Waals surface area contributed by atoms with Crippen LogP contribution in [0.25, 0.3) is 0 Å². The third-order valence-corrected chi connectivity index (χ3v) is 5.19.